The lowest BCUT2D eigenvalue weighted by molar-refractivity contribution is 0.0983. The zero-order valence-electron chi connectivity index (χ0n) is 15.2. The van der Waals surface area contributed by atoms with Gasteiger partial charge in [-0.25, -0.2) is 23.4 Å². The van der Waals surface area contributed by atoms with Gasteiger partial charge < -0.3 is 0 Å². The van der Waals surface area contributed by atoms with Gasteiger partial charge in [-0.15, -0.1) is 11.3 Å². The van der Waals surface area contributed by atoms with Gasteiger partial charge in [0, 0.05) is 29.3 Å². The molecule has 146 valence electrons. The highest BCUT2D eigenvalue weighted by molar-refractivity contribution is 7.09. The molecule has 0 aliphatic heterocycles. The number of carbonyl (C=O) groups is 1. The lowest BCUT2D eigenvalue weighted by Crippen LogP contribution is -2.25. The fourth-order valence-electron chi connectivity index (χ4n) is 2.84. The molecule has 29 heavy (non-hydrogen) atoms. The summed E-state index contributed by atoms with van der Waals surface area (Å²) in [5.41, 5.74) is 2.58. The molecule has 1 aromatic carbocycles. The molecule has 0 unspecified atom stereocenters. The Labute approximate surface area is 169 Å². The molecule has 0 saturated carbocycles. The molecule has 9 heteroatoms. The van der Waals surface area contributed by atoms with Crippen molar-refractivity contribution in [1.82, 2.24) is 24.3 Å². The highest BCUT2D eigenvalue weighted by atomic mass is 32.1. The summed E-state index contributed by atoms with van der Waals surface area (Å²) in [6.07, 6.45) is 5.59. The quantitative estimate of drug-likeness (QED) is 0.438. The summed E-state index contributed by atoms with van der Waals surface area (Å²) in [6, 6.07) is 9.08. The van der Waals surface area contributed by atoms with Crippen molar-refractivity contribution in [2.24, 2.45) is 0 Å². The minimum atomic E-state index is -0.393. The van der Waals surface area contributed by atoms with Gasteiger partial charge in [0.15, 0.2) is 5.78 Å². The van der Waals surface area contributed by atoms with E-state index in [1.165, 1.54) is 45.2 Å². The van der Waals surface area contributed by atoms with Gasteiger partial charge in [0.1, 0.15) is 18.0 Å². The molecule has 4 aromatic rings. The molecular formula is C20H16FN5O2S. The van der Waals surface area contributed by atoms with Crippen LogP contribution in [0.3, 0.4) is 0 Å². The van der Waals surface area contributed by atoms with Gasteiger partial charge in [-0.3, -0.25) is 9.78 Å². The van der Waals surface area contributed by atoms with E-state index in [4.69, 9.17) is 0 Å². The SMILES string of the molecule is O=C(CCc1cncs1)c1ccnc(-n2cnn(Cc3ccc(F)cc3)c2=O)c1. The van der Waals surface area contributed by atoms with Crippen LogP contribution in [-0.4, -0.2) is 30.1 Å². The normalized spacial score (nSPS) is 10.9. The van der Waals surface area contributed by atoms with E-state index in [2.05, 4.69) is 15.1 Å². The fourth-order valence-corrected chi connectivity index (χ4v) is 3.43. The number of halogens is 1. The molecule has 0 radical (unpaired) electrons. The van der Waals surface area contributed by atoms with Crippen LogP contribution in [-0.2, 0) is 13.0 Å². The maximum atomic E-state index is 13.0. The molecular weight excluding hydrogens is 393 g/mol. The first-order valence-electron chi connectivity index (χ1n) is 8.86. The molecule has 0 spiro atoms. The third-order valence-corrected chi connectivity index (χ3v) is 5.21. The second-order valence-corrected chi connectivity index (χ2v) is 7.33. The van der Waals surface area contributed by atoms with Gasteiger partial charge >= 0.3 is 5.69 Å². The zero-order chi connectivity index (χ0) is 20.2. The van der Waals surface area contributed by atoms with Gasteiger partial charge in [-0.05, 0) is 36.2 Å². The molecule has 3 aromatic heterocycles. The summed E-state index contributed by atoms with van der Waals surface area (Å²) in [5, 5.41) is 4.10. The number of hydrogen-bond acceptors (Lipinski definition) is 6. The first-order valence-corrected chi connectivity index (χ1v) is 9.74. The Morgan fingerprint density at radius 2 is 2.00 bits per heavy atom. The smallest absolute Gasteiger partial charge is 0.294 e. The predicted molar refractivity (Wildman–Crippen MR) is 106 cm³/mol. The van der Waals surface area contributed by atoms with Crippen LogP contribution < -0.4 is 5.69 Å². The van der Waals surface area contributed by atoms with Crippen LogP contribution in [0.2, 0.25) is 0 Å². The molecule has 0 N–H and O–H groups in total. The van der Waals surface area contributed by atoms with Crippen molar-refractivity contribution in [3.05, 3.63) is 92.9 Å². The number of aryl methyl sites for hydroxylation is 1. The van der Waals surface area contributed by atoms with Gasteiger partial charge in [-0.1, -0.05) is 12.1 Å². The number of hydrogen-bond donors (Lipinski definition) is 0. The Morgan fingerprint density at radius 3 is 2.76 bits per heavy atom. The zero-order valence-corrected chi connectivity index (χ0v) is 16.1. The van der Waals surface area contributed by atoms with Crippen molar-refractivity contribution in [3.63, 3.8) is 0 Å². The number of nitrogens with zero attached hydrogens (tertiary/aromatic N) is 5. The topological polar surface area (TPSA) is 82.7 Å². The summed E-state index contributed by atoms with van der Waals surface area (Å²) in [7, 11) is 0. The summed E-state index contributed by atoms with van der Waals surface area (Å²) < 4.78 is 15.6. The van der Waals surface area contributed by atoms with E-state index in [-0.39, 0.29) is 18.1 Å². The van der Waals surface area contributed by atoms with E-state index in [0.717, 1.165) is 10.4 Å². The van der Waals surface area contributed by atoms with Gasteiger partial charge in [0.25, 0.3) is 0 Å². The molecule has 0 fully saturated rings. The molecule has 0 aliphatic rings. The van der Waals surface area contributed by atoms with Gasteiger partial charge in [-0.2, -0.15) is 5.10 Å². The molecule has 7 nitrogen and oxygen atoms in total. The number of pyridine rings is 1. The Hall–Kier alpha value is -3.46. The standard InChI is InChI=1S/C20H16FN5O2S/c21-16-3-1-14(2-4-16)11-26-20(28)25(12-24-26)19-9-15(7-8-23-19)18(27)6-5-17-10-22-13-29-17/h1-4,7-10,12-13H,5-6,11H2. The summed E-state index contributed by atoms with van der Waals surface area (Å²) in [6.45, 7) is 0.208. The minimum absolute atomic E-state index is 0.0335. The first kappa shape index (κ1) is 18.9. The van der Waals surface area contributed by atoms with E-state index >= 15 is 0 Å². The molecule has 0 atom stereocenters. The first-order chi connectivity index (χ1) is 14.1. The second kappa shape index (κ2) is 8.27. The van der Waals surface area contributed by atoms with Crippen molar-refractivity contribution in [3.8, 4) is 5.82 Å². The van der Waals surface area contributed by atoms with Crippen LogP contribution in [0.25, 0.3) is 5.82 Å². The highest BCUT2D eigenvalue weighted by Gasteiger charge is 2.12. The van der Waals surface area contributed by atoms with Crippen LogP contribution in [0.4, 0.5) is 4.39 Å². The Kier molecular flexibility index (Phi) is 5.39. The average Bonchev–Trinajstić information content (AvgIpc) is 3.38. The highest BCUT2D eigenvalue weighted by Crippen LogP contribution is 2.13. The third-order valence-electron chi connectivity index (χ3n) is 4.38. The van der Waals surface area contributed by atoms with Crippen molar-refractivity contribution in [2.45, 2.75) is 19.4 Å². The summed E-state index contributed by atoms with van der Waals surface area (Å²) in [4.78, 5) is 34.4. The van der Waals surface area contributed by atoms with Crippen LogP contribution in [0.5, 0.6) is 0 Å². The van der Waals surface area contributed by atoms with Crippen LogP contribution in [0.1, 0.15) is 27.2 Å². The van der Waals surface area contributed by atoms with E-state index < -0.39 is 5.69 Å². The van der Waals surface area contributed by atoms with Gasteiger partial charge in [0.05, 0.1) is 12.1 Å². The van der Waals surface area contributed by atoms with E-state index in [1.807, 2.05) is 0 Å². The number of Topliss-reactive ketones (excluding diaryl/α,β-unsaturated/α-hetero) is 1. The molecule has 3 heterocycles. The Morgan fingerprint density at radius 1 is 1.17 bits per heavy atom. The van der Waals surface area contributed by atoms with Gasteiger partial charge in [0.2, 0.25) is 0 Å². The van der Waals surface area contributed by atoms with Crippen molar-refractivity contribution >= 4 is 17.1 Å². The predicted octanol–water partition coefficient (Wildman–Crippen LogP) is 2.89. The van der Waals surface area contributed by atoms with E-state index in [0.29, 0.717) is 24.2 Å². The molecule has 4 rings (SSSR count). The van der Waals surface area contributed by atoms with Crippen LogP contribution >= 0.6 is 11.3 Å². The van der Waals surface area contributed by atoms with E-state index in [9.17, 15) is 14.0 Å². The van der Waals surface area contributed by atoms with Crippen molar-refractivity contribution < 1.29 is 9.18 Å². The van der Waals surface area contributed by atoms with Crippen molar-refractivity contribution in [1.29, 1.82) is 0 Å². The number of carbonyl (C=O) groups excluding carboxylic acids is 1. The number of rotatable bonds is 7. The number of aromatic nitrogens is 5. The summed E-state index contributed by atoms with van der Waals surface area (Å²) in [5.74, 6) is -0.0505. The number of ketones is 1. The third kappa shape index (κ3) is 4.35. The van der Waals surface area contributed by atoms with E-state index in [1.54, 1.807) is 36.0 Å². The summed E-state index contributed by atoms with van der Waals surface area (Å²) >= 11 is 1.51. The number of thiazole rings is 1. The maximum Gasteiger partial charge on any atom is 0.351 e. The lowest BCUT2D eigenvalue weighted by atomic mass is 10.1. The Balaban J connectivity index is 1.52. The largest absolute Gasteiger partial charge is 0.351 e. The molecule has 0 aliphatic carbocycles. The van der Waals surface area contributed by atoms with Crippen LogP contribution in [0.15, 0.2) is 65.4 Å². The number of benzene rings is 1. The molecule has 0 bridgehead atoms. The monoisotopic (exact) mass is 409 g/mol. The lowest BCUT2D eigenvalue weighted by Gasteiger charge is -2.04. The van der Waals surface area contributed by atoms with Crippen LogP contribution in [0, 0.1) is 5.82 Å². The second-order valence-electron chi connectivity index (χ2n) is 6.36. The maximum absolute atomic E-state index is 13.0. The van der Waals surface area contributed by atoms with Crippen molar-refractivity contribution in [2.75, 3.05) is 0 Å². The molecule has 0 amide bonds. The minimum Gasteiger partial charge on any atom is -0.294 e. The average molecular weight is 409 g/mol. The Bertz CT molecular complexity index is 1180. The fraction of sp³-hybridized carbons (Fsp3) is 0.150. The molecule has 0 saturated heterocycles.